The van der Waals surface area contributed by atoms with Gasteiger partial charge < -0.3 is 10.6 Å². The van der Waals surface area contributed by atoms with Gasteiger partial charge in [-0.15, -0.1) is 0 Å². The van der Waals surface area contributed by atoms with Crippen LogP contribution in [0.4, 0.5) is 10.2 Å². The van der Waals surface area contributed by atoms with Crippen LogP contribution in [0.25, 0.3) is 0 Å². The number of benzene rings is 1. The maximum Gasteiger partial charge on any atom is 0.230 e. The van der Waals surface area contributed by atoms with Crippen molar-refractivity contribution >= 4 is 17.6 Å². The highest BCUT2D eigenvalue weighted by Gasteiger charge is 2.43. The third kappa shape index (κ3) is 3.61. The van der Waals surface area contributed by atoms with Crippen LogP contribution < -0.4 is 21.4 Å². The van der Waals surface area contributed by atoms with Crippen LogP contribution >= 0.6 is 0 Å². The molecule has 0 spiro atoms. The predicted octanol–water partition coefficient (Wildman–Crippen LogP) is 0.0796. The molecule has 9 nitrogen and oxygen atoms in total. The van der Waals surface area contributed by atoms with Crippen LogP contribution in [-0.2, 0) is 16.0 Å². The molecule has 0 radical (unpaired) electrons. The molecular weight excluding hydrogens is 365 g/mol. The molecule has 2 saturated heterocycles. The van der Waals surface area contributed by atoms with Gasteiger partial charge in [-0.3, -0.25) is 20.3 Å². The summed E-state index contributed by atoms with van der Waals surface area (Å²) in [5.41, 5.74) is 4.53. The minimum atomic E-state index is -0.592. The third-order valence-electron chi connectivity index (χ3n) is 4.95. The number of hydrogen-bond acceptors (Lipinski definition) is 6. The Balaban J connectivity index is 1.49. The zero-order chi connectivity index (χ0) is 19.8. The Morgan fingerprint density at radius 3 is 2.86 bits per heavy atom. The average molecular weight is 387 g/mol. The molecule has 28 heavy (non-hydrogen) atoms. The van der Waals surface area contributed by atoms with Gasteiger partial charge in [0.25, 0.3) is 0 Å². The zero-order valence-corrected chi connectivity index (χ0v) is 15.6. The quantitative estimate of drug-likeness (QED) is 0.593. The summed E-state index contributed by atoms with van der Waals surface area (Å²) in [6.07, 6.45) is -0.663. The van der Waals surface area contributed by atoms with E-state index in [4.69, 9.17) is 0 Å². The monoisotopic (exact) mass is 387 g/mol. The van der Waals surface area contributed by atoms with E-state index in [9.17, 15) is 14.0 Å². The lowest BCUT2D eigenvalue weighted by molar-refractivity contribution is -0.131. The summed E-state index contributed by atoms with van der Waals surface area (Å²) in [6.45, 7) is 2.37. The Kier molecular flexibility index (Phi) is 4.84. The van der Waals surface area contributed by atoms with Crippen LogP contribution in [0.5, 0.6) is 0 Å². The summed E-state index contributed by atoms with van der Waals surface area (Å²) in [5.74, 6) is -0.416. The largest absolute Gasteiger partial charge is 0.321 e. The molecule has 1 aromatic heterocycles. The Labute approximate surface area is 161 Å². The molecule has 2 aliphatic heterocycles. The van der Waals surface area contributed by atoms with E-state index in [1.165, 1.54) is 12.1 Å². The summed E-state index contributed by atoms with van der Waals surface area (Å²) in [6, 6.07) is 7.52. The van der Waals surface area contributed by atoms with E-state index in [0.717, 1.165) is 0 Å². The van der Waals surface area contributed by atoms with E-state index in [1.807, 2.05) is 19.0 Å². The van der Waals surface area contributed by atoms with Gasteiger partial charge in [-0.25, -0.2) is 14.1 Å². The number of hydrogen-bond donors (Lipinski definition) is 4. The molecule has 1 aromatic carbocycles. The number of aromatic nitrogens is 2. The van der Waals surface area contributed by atoms with E-state index in [1.54, 1.807) is 22.9 Å². The first-order valence-electron chi connectivity index (χ1n) is 9.04. The van der Waals surface area contributed by atoms with Crippen molar-refractivity contribution in [2.45, 2.75) is 25.8 Å². The lowest BCUT2D eigenvalue weighted by atomic mass is 10.1. The number of aryl methyl sites for hydroxylation is 1. The number of fused-ring (bicyclic) bond motifs is 1. The van der Waals surface area contributed by atoms with Gasteiger partial charge in [-0.2, -0.15) is 5.10 Å². The molecule has 2 aliphatic rings. The van der Waals surface area contributed by atoms with E-state index in [2.05, 4.69) is 26.5 Å². The fourth-order valence-electron chi connectivity index (χ4n) is 3.54. The van der Waals surface area contributed by atoms with Crippen LogP contribution in [-0.4, -0.2) is 46.4 Å². The molecule has 10 heteroatoms. The summed E-state index contributed by atoms with van der Waals surface area (Å²) in [4.78, 5) is 24.9. The highest BCUT2D eigenvalue weighted by atomic mass is 19.1. The van der Waals surface area contributed by atoms with Crippen molar-refractivity contribution in [3.8, 4) is 0 Å². The van der Waals surface area contributed by atoms with Gasteiger partial charge >= 0.3 is 0 Å². The minimum Gasteiger partial charge on any atom is -0.321 e. The Bertz CT molecular complexity index is 898. The fraction of sp³-hybridized carbons (Fsp3) is 0.389. The van der Waals surface area contributed by atoms with Gasteiger partial charge in [0, 0.05) is 19.7 Å². The van der Waals surface area contributed by atoms with E-state index in [-0.39, 0.29) is 36.1 Å². The molecule has 2 amide bonds. The highest BCUT2D eigenvalue weighted by molar-refractivity contribution is 5.91. The average Bonchev–Trinajstić information content (AvgIpc) is 3.20. The Morgan fingerprint density at radius 2 is 2.11 bits per heavy atom. The number of carbonyl (C=O) groups is 2. The van der Waals surface area contributed by atoms with Crippen molar-refractivity contribution in [3.63, 3.8) is 0 Å². The molecule has 2 fully saturated rings. The number of hydrazine groups is 1. The summed E-state index contributed by atoms with van der Waals surface area (Å²) < 4.78 is 14.6. The van der Waals surface area contributed by atoms with Gasteiger partial charge in [-0.05, 0) is 24.6 Å². The second kappa shape index (κ2) is 7.30. The van der Waals surface area contributed by atoms with Gasteiger partial charge in [0.1, 0.15) is 11.6 Å². The van der Waals surface area contributed by atoms with Crippen LogP contribution in [0.2, 0.25) is 0 Å². The summed E-state index contributed by atoms with van der Waals surface area (Å²) in [7, 11) is 1.87. The number of halogens is 1. The number of rotatable bonds is 4. The van der Waals surface area contributed by atoms with Gasteiger partial charge in [0.05, 0.1) is 24.2 Å². The standard InChI is InChI=1S/C18H22FN7O2/c1-10-7-14(21-15(27)8-11-3-5-12(19)6-4-11)26(24-10)18-22-16-13(17(28)23-18)9-20-25(16)2/h3-7,13,16,18,20,22H,8-9H2,1-2H3,(H,21,27)(H,23,28). The number of carbonyl (C=O) groups excluding carboxylic acids is 2. The number of nitrogens with zero attached hydrogens (tertiary/aromatic N) is 3. The maximum absolute atomic E-state index is 13.0. The minimum absolute atomic E-state index is 0.0812. The van der Waals surface area contributed by atoms with E-state index in [0.29, 0.717) is 23.6 Å². The van der Waals surface area contributed by atoms with Crippen molar-refractivity contribution in [2.75, 3.05) is 18.9 Å². The van der Waals surface area contributed by atoms with E-state index < -0.39 is 6.29 Å². The molecule has 148 valence electrons. The zero-order valence-electron chi connectivity index (χ0n) is 15.6. The highest BCUT2D eigenvalue weighted by Crippen LogP contribution is 2.23. The second-order valence-electron chi connectivity index (χ2n) is 7.07. The van der Waals surface area contributed by atoms with Gasteiger partial charge in [0.2, 0.25) is 11.8 Å². The first-order chi connectivity index (χ1) is 13.4. The third-order valence-corrected chi connectivity index (χ3v) is 4.95. The molecule has 0 bridgehead atoms. The molecule has 3 unspecified atom stereocenters. The first-order valence-corrected chi connectivity index (χ1v) is 9.04. The molecule has 3 atom stereocenters. The first kappa shape index (κ1) is 18.5. The normalized spacial score (nSPS) is 24.7. The molecule has 4 N–H and O–H groups in total. The van der Waals surface area contributed by atoms with Gasteiger partial charge in [0.15, 0.2) is 6.29 Å². The molecule has 4 rings (SSSR count). The molecule has 0 aliphatic carbocycles. The predicted molar refractivity (Wildman–Crippen MR) is 99.1 cm³/mol. The molecule has 0 saturated carbocycles. The van der Waals surface area contributed by atoms with Crippen LogP contribution in [0.1, 0.15) is 17.5 Å². The Hall–Kier alpha value is -2.82. The molecule has 3 heterocycles. The molecular formula is C18H22FN7O2. The Morgan fingerprint density at radius 1 is 1.36 bits per heavy atom. The smallest absolute Gasteiger partial charge is 0.230 e. The van der Waals surface area contributed by atoms with Crippen molar-refractivity contribution in [1.82, 2.24) is 30.8 Å². The van der Waals surface area contributed by atoms with Crippen molar-refractivity contribution < 1.29 is 14.0 Å². The van der Waals surface area contributed by atoms with Crippen molar-refractivity contribution in [1.29, 1.82) is 0 Å². The SMILES string of the molecule is Cc1cc(NC(=O)Cc2ccc(F)cc2)n(C2NC(=O)C3CNN(C)C3N2)n1. The summed E-state index contributed by atoms with van der Waals surface area (Å²) >= 11 is 0. The topological polar surface area (TPSA) is 103 Å². The van der Waals surface area contributed by atoms with Crippen LogP contribution in [0.15, 0.2) is 30.3 Å². The van der Waals surface area contributed by atoms with E-state index >= 15 is 0 Å². The second-order valence-corrected chi connectivity index (χ2v) is 7.07. The fourth-order valence-corrected chi connectivity index (χ4v) is 3.54. The number of nitrogens with one attached hydrogen (secondary N) is 4. The van der Waals surface area contributed by atoms with Gasteiger partial charge in [-0.1, -0.05) is 12.1 Å². The lowest BCUT2D eigenvalue weighted by Crippen LogP contribution is -2.61. The van der Waals surface area contributed by atoms with Crippen molar-refractivity contribution in [3.05, 3.63) is 47.4 Å². The molecule has 2 aromatic rings. The van der Waals surface area contributed by atoms with Crippen LogP contribution in [0.3, 0.4) is 0 Å². The van der Waals surface area contributed by atoms with Crippen LogP contribution in [0, 0.1) is 18.7 Å². The lowest BCUT2D eigenvalue weighted by Gasteiger charge is -2.35. The number of amides is 2. The van der Waals surface area contributed by atoms with Crippen molar-refractivity contribution in [2.24, 2.45) is 5.92 Å². The summed E-state index contributed by atoms with van der Waals surface area (Å²) in [5, 5.41) is 15.3. The number of anilines is 1. The maximum atomic E-state index is 13.0.